The zero-order valence-corrected chi connectivity index (χ0v) is 12.1. The number of nitrogens with one attached hydrogen (secondary N) is 2. The van der Waals surface area contributed by atoms with Crippen LogP contribution in [0.15, 0.2) is 0 Å². The minimum absolute atomic E-state index is 0.135. The maximum atomic E-state index is 9.92. The molecule has 0 radical (unpaired) electrons. The SMILES string of the molecule is CCNC(C)CCC(O)CCC(CC)NCC. The molecule has 0 fully saturated rings. The average molecular weight is 244 g/mol. The Kier molecular flexibility index (Phi) is 10.9. The largest absolute Gasteiger partial charge is 0.393 e. The number of rotatable bonds is 11. The Balaban J connectivity index is 3.60. The quantitative estimate of drug-likeness (QED) is 0.522. The van der Waals surface area contributed by atoms with Gasteiger partial charge in [-0.1, -0.05) is 20.8 Å². The van der Waals surface area contributed by atoms with Crippen molar-refractivity contribution in [3.05, 3.63) is 0 Å². The smallest absolute Gasteiger partial charge is 0.0541 e. The van der Waals surface area contributed by atoms with Gasteiger partial charge in [0.15, 0.2) is 0 Å². The summed E-state index contributed by atoms with van der Waals surface area (Å²) < 4.78 is 0. The minimum atomic E-state index is -0.135. The highest BCUT2D eigenvalue weighted by molar-refractivity contribution is 4.69. The molecule has 3 unspecified atom stereocenters. The second-order valence-corrected chi connectivity index (χ2v) is 4.93. The second kappa shape index (κ2) is 11.0. The molecule has 0 amide bonds. The number of aliphatic hydroxyl groups is 1. The Labute approximate surface area is 107 Å². The summed E-state index contributed by atoms with van der Waals surface area (Å²) in [4.78, 5) is 0. The van der Waals surface area contributed by atoms with E-state index in [0.29, 0.717) is 12.1 Å². The third kappa shape index (κ3) is 9.57. The molecule has 0 rings (SSSR count). The third-order valence-corrected chi connectivity index (χ3v) is 3.32. The van der Waals surface area contributed by atoms with Gasteiger partial charge in [0.25, 0.3) is 0 Å². The normalized spacial score (nSPS) is 16.8. The highest BCUT2D eigenvalue weighted by atomic mass is 16.3. The molecule has 0 bridgehead atoms. The Morgan fingerprint density at radius 2 is 1.47 bits per heavy atom. The first-order chi connectivity index (χ1) is 8.13. The van der Waals surface area contributed by atoms with E-state index in [0.717, 1.165) is 45.2 Å². The maximum absolute atomic E-state index is 9.92. The van der Waals surface area contributed by atoms with Crippen LogP contribution < -0.4 is 10.6 Å². The topological polar surface area (TPSA) is 44.3 Å². The summed E-state index contributed by atoms with van der Waals surface area (Å²) in [6.07, 6.45) is 4.99. The molecule has 0 aliphatic heterocycles. The van der Waals surface area contributed by atoms with Crippen molar-refractivity contribution in [2.75, 3.05) is 13.1 Å². The van der Waals surface area contributed by atoms with E-state index in [1.54, 1.807) is 0 Å². The van der Waals surface area contributed by atoms with Crippen molar-refractivity contribution in [3.63, 3.8) is 0 Å². The molecule has 3 atom stereocenters. The van der Waals surface area contributed by atoms with Crippen molar-refractivity contribution >= 4 is 0 Å². The number of hydrogen-bond donors (Lipinski definition) is 3. The van der Waals surface area contributed by atoms with Crippen molar-refractivity contribution in [2.45, 2.75) is 78.0 Å². The van der Waals surface area contributed by atoms with Gasteiger partial charge in [-0.3, -0.25) is 0 Å². The molecule has 0 spiro atoms. The molecule has 0 aromatic carbocycles. The van der Waals surface area contributed by atoms with E-state index in [1.807, 2.05) is 0 Å². The van der Waals surface area contributed by atoms with Crippen molar-refractivity contribution in [1.82, 2.24) is 10.6 Å². The van der Waals surface area contributed by atoms with Gasteiger partial charge in [0.2, 0.25) is 0 Å². The Hall–Kier alpha value is -0.120. The fraction of sp³-hybridized carbons (Fsp3) is 1.00. The summed E-state index contributed by atoms with van der Waals surface area (Å²) in [5.74, 6) is 0. The molecule has 3 nitrogen and oxygen atoms in total. The maximum Gasteiger partial charge on any atom is 0.0541 e. The van der Waals surface area contributed by atoms with Gasteiger partial charge < -0.3 is 15.7 Å². The summed E-state index contributed by atoms with van der Waals surface area (Å²) >= 11 is 0. The first kappa shape index (κ1) is 16.9. The number of aliphatic hydroxyl groups excluding tert-OH is 1. The van der Waals surface area contributed by atoms with Crippen LogP contribution in [0, 0.1) is 0 Å². The van der Waals surface area contributed by atoms with Crippen molar-refractivity contribution in [2.24, 2.45) is 0 Å². The Bertz CT molecular complexity index is 164. The zero-order valence-electron chi connectivity index (χ0n) is 12.1. The summed E-state index contributed by atoms with van der Waals surface area (Å²) in [6, 6.07) is 1.09. The molecular formula is C14H32N2O. The van der Waals surface area contributed by atoms with E-state index in [-0.39, 0.29) is 6.10 Å². The lowest BCUT2D eigenvalue weighted by atomic mass is 10.0. The van der Waals surface area contributed by atoms with Crippen molar-refractivity contribution < 1.29 is 5.11 Å². The molecule has 104 valence electrons. The van der Waals surface area contributed by atoms with Gasteiger partial charge in [0.05, 0.1) is 6.10 Å². The van der Waals surface area contributed by atoms with Crippen LogP contribution in [0.25, 0.3) is 0 Å². The second-order valence-electron chi connectivity index (χ2n) is 4.93. The lowest BCUT2D eigenvalue weighted by Crippen LogP contribution is -2.30. The third-order valence-electron chi connectivity index (χ3n) is 3.32. The van der Waals surface area contributed by atoms with Gasteiger partial charge in [-0.2, -0.15) is 0 Å². The summed E-state index contributed by atoms with van der Waals surface area (Å²) in [6.45, 7) is 10.7. The molecule has 3 N–H and O–H groups in total. The fourth-order valence-corrected chi connectivity index (χ4v) is 2.17. The van der Waals surface area contributed by atoms with Crippen LogP contribution in [0.3, 0.4) is 0 Å². The van der Waals surface area contributed by atoms with Gasteiger partial charge in [-0.25, -0.2) is 0 Å². The molecule has 17 heavy (non-hydrogen) atoms. The Morgan fingerprint density at radius 1 is 0.882 bits per heavy atom. The predicted molar refractivity (Wildman–Crippen MR) is 75.4 cm³/mol. The molecule has 0 saturated carbocycles. The summed E-state index contributed by atoms with van der Waals surface area (Å²) in [7, 11) is 0. The van der Waals surface area contributed by atoms with Gasteiger partial charge in [0.1, 0.15) is 0 Å². The summed E-state index contributed by atoms with van der Waals surface area (Å²) in [5.41, 5.74) is 0. The first-order valence-corrected chi connectivity index (χ1v) is 7.28. The van der Waals surface area contributed by atoms with Crippen molar-refractivity contribution in [1.29, 1.82) is 0 Å². The molecule has 0 aliphatic rings. The van der Waals surface area contributed by atoms with E-state index in [1.165, 1.54) is 0 Å². The standard InChI is InChI=1S/C14H32N2O/c1-5-13(16-7-3)9-11-14(17)10-8-12(4)15-6-2/h12-17H,5-11H2,1-4H3. The van der Waals surface area contributed by atoms with Crippen LogP contribution in [-0.4, -0.2) is 36.4 Å². The lowest BCUT2D eigenvalue weighted by Gasteiger charge is -2.19. The molecule has 0 heterocycles. The molecular weight excluding hydrogens is 212 g/mol. The van der Waals surface area contributed by atoms with E-state index in [2.05, 4.69) is 38.3 Å². The monoisotopic (exact) mass is 244 g/mol. The van der Waals surface area contributed by atoms with Gasteiger partial charge >= 0.3 is 0 Å². The fourth-order valence-electron chi connectivity index (χ4n) is 2.17. The van der Waals surface area contributed by atoms with Crippen LogP contribution in [0.1, 0.15) is 59.8 Å². The van der Waals surface area contributed by atoms with E-state index in [9.17, 15) is 5.11 Å². The van der Waals surface area contributed by atoms with Crippen LogP contribution in [0.2, 0.25) is 0 Å². The van der Waals surface area contributed by atoms with E-state index < -0.39 is 0 Å². The van der Waals surface area contributed by atoms with Crippen LogP contribution in [0.5, 0.6) is 0 Å². The van der Waals surface area contributed by atoms with Gasteiger partial charge in [-0.05, 0) is 52.1 Å². The first-order valence-electron chi connectivity index (χ1n) is 7.28. The highest BCUT2D eigenvalue weighted by Crippen LogP contribution is 2.10. The van der Waals surface area contributed by atoms with Gasteiger partial charge in [-0.15, -0.1) is 0 Å². The number of hydrogen-bond acceptors (Lipinski definition) is 3. The van der Waals surface area contributed by atoms with Crippen LogP contribution in [-0.2, 0) is 0 Å². The predicted octanol–water partition coefficient (Wildman–Crippen LogP) is 2.29. The van der Waals surface area contributed by atoms with Crippen molar-refractivity contribution in [3.8, 4) is 0 Å². The lowest BCUT2D eigenvalue weighted by molar-refractivity contribution is 0.141. The highest BCUT2D eigenvalue weighted by Gasteiger charge is 2.10. The van der Waals surface area contributed by atoms with Crippen LogP contribution in [0.4, 0.5) is 0 Å². The molecule has 0 aromatic heterocycles. The van der Waals surface area contributed by atoms with Gasteiger partial charge in [0, 0.05) is 12.1 Å². The molecule has 3 heteroatoms. The molecule has 0 saturated heterocycles. The molecule has 0 aliphatic carbocycles. The van der Waals surface area contributed by atoms with Crippen LogP contribution >= 0.6 is 0 Å². The minimum Gasteiger partial charge on any atom is -0.393 e. The van der Waals surface area contributed by atoms with E-state index in [4.69, 9.17) is 0 Å². The molecule has 0 aromatic rings. The zero-order chi connectivity index (χ0) is 13.1. The Morgan fingerprint density at radius 3 is 2.00 bits per heavy atom. The summed E-state index contributed by atoms with van der Waals surface area (Å²) in [5, 5.41) is 16.7. The van der Waals surface area contributed by atoms with E-state index >= 15 is 0 Å². The average Bonchev–Trinajstić information content (AvgIpc) is 2.32.